The second-order valence-corrected chi connectivity index (χ2v) is 30.9. The maximum absolute atomic E-state index is 13.1. The first-order valence-corrected chi connectivity index (χ1v) is 43.2. The molecule has 570 valence electrons. The van der Waals surface area contributed by atoms with Gasteiger partial charge >= 0.3 is 39.5 Å². The van der Waals surface area contributed by atoms with Gasteiger partial charge in [-0.15, -0.1) is 0 Å². The van der Waals surface area contributed by atoms with Gasteiger partial charge < -0.3 is 33.8 Å². The van der Waals surface area contributed by atoms with Crippen molar-refractivity contribution in [2.45, 2.75) is 425 Å². The lowest BCUT2D eigenvalue weighted by atomic mass is 10.00. The highest BCUT2D eigenvalue weighted by atomic mass is 31.2. The lowest BCUT2D eigenvalue weighted by molar-refractivity contribution is -0.161. The monoisotopic (exact) mass is 1410 g/mol. The van der Waals surface area contributed by atoms with Crippen LogP contribution in [-0.2, 0) is 65.4 Å². The first kappa shape index (κ1) is 94.1. The molecule has 0 aliphatic carbocycles. The van der Waals surface area contributed by atoms with E-state index in [0.29, 0.717) is 25.7 Å². The molecule has 0 aromatic carbocycles. The number of carbonyl (C=O) groups is 4. The molecule has 0 saturated carbocycles. The van der Waals surface area contributed by atoms with Gasteiger partial charge in [0.2, 0.25) is 0 Å². The van der Waals surface area contributed by atoms with E-state index in [0.717, 1.165) is 95.8 Å². The van der Waals surface area contributed by atoms with Crippen molar-refractivity contribution in [3.63, 3.8) is 0 Å². The Morgan fingerprint density at radius 2 is 0.500 bits per heavy atom. The Morgan fingerprint density at radius 3 is 0.740 bits per heavy atom. The maximum atomic E-state index is 13.1. The van der Waals surface area contributed by atoms with E-state index >= 15 is 0 Å². The summed E-state index contributed by atoms with van der Waals surface area (Å²) in [7, 11) is -9.91. The number of rotatable bonds is 77. The number of aliphatic hydroxyl groups excluding tert-OH is 1. The van der Waals surface area contributed by atoms with Crippen molar-refractivity contribution < 1.29 is 80.2 Å². The van der Waals surface area contributed by atoms with Gasteiger partial charge in [-0.3, -0.25) is 37.3 Å². The zero-order chi connectivity index (χ0) is 70.5. The first-order chi connectivity index (χ1) is 46.6. The van der Waals surface area contributed by atoms with Crippen LogP contribution in [-0.4, -0.2) is 96.7 Å². The van der Waals surface area contributed by atoms with Crippen LogP contribution >= 0.6 is 15.6 Å². The van der Waals surface area contributed by atoms with E-state index in [1.807, 2.05) is 0 Å². The van der Waals surface area contributed by atoms with E-state index < -0.39 is 97.5 Å². The fourth-order valence-electron chi connectivity index (χ4n) is 11.8. The van der Waals surface area contributed by atoms with Crippen LogP contribution in [0.15, 0.2) is 0 Å². The minimum absolute atomic E-state index is 0.104. The molecule has 3 unspecified atom stereocenters. The SMILES string of the molecule is CCCCCCCCCCCCCCCCCCCCCC(=O)O[C@H](COC(=O)CCCCCCCCCCCCCCCCCCC)COP(=O)(O)OC[C@@H](O)COP(=O)(O)OC[C@@H](COC(=O)CCCCCCCCCCCC)OC(=O)CCCCCCCCC(C)CC. The van der Waals surface area contributed by atoms with Crippen LogP contribution in [0.4, 0.5) is 0 Å². The van der Waals surface area contributed by atoms with Crippen LogP contribution in [0.5, 0.6) is 0 Å². The molecule has 0 amide bonds. The quantitative estimate of drug-likeness (QED) is 0.0222. The largest absolute Gasteiger partial charge is 0.472 e. The topological polar surface area (TPSA) is 237 Å². The highest BCUT2D eigenvalue weighted by molar-refractivity contribution is 7.47. The summed E-state index contributed by atoms with van der Waals surface area (Å²) in [6, 6.07) is 0. The fraction of sp³-hybridized carbons (Fsp3) is 0.948. The van der Waals surface area contributed by atoms with Crippen molar-refractivity contribution in [1.29, 1.82) is 0 Å². The third-order valence-corrected chi connectivity index (χ3v) is 20.3. The van der Waals surface area contributed by atoms with Gasteiger partial charge in [0.25, 0.3) is 0 Å². The summed E-state index contributed by atoms with van der Waals surface area (Å²) < 4.78 is 68.5. The Hall–Kier alpha value is -1.94. The van der Waals surface area contributed by atoms with Crippen molar-refractivity contribution in [2.24, 2.45) is 5.92 Å². The molecule has 0 aliphatic rings. The van der Waals surface area contributed by atoms with Crippen molar-refractivity contribution >= 4 is 39.5 Å². The van der Waals surface area contributed by atoms with Crippen LogP contribution in [0, 0.1) is 5.92 Å². The smallest absolute Gasteiger partial charge is 0.462 e. The summed E-state index contributed by atoms with van der Waals surface area (Å²) in [6.07, 6.45) is 59.8. The highest BCUT2D eigenvalue weighted by Gasteiger charge is 2.30. The lowest BCUT2D eigenvalue weighted by Gasteiger charge is -2.21. The molecule has 19 heteroatoms. The van der Waals surface area contributed by atoms with E-state index in [1.54, 1.807) is 0 Å². The molecular weight excluding hydrogens is 1260 g/mol. The predicted octanol–water partition coefficient (Wildman–Crippen LogP) is 22.9. The molecule has 0 aromatic rings. The third-order valence-electron chi connectivity index (χ3n) is 18.4. The highest BCUT2D eigenvalue weighted by Crippen LogP contribution is 2.45. The van der Waals surface area contributed by atoms with Crippen LogP contribution in [0.3, 0.4) is 0 Å². The fourth-order valence-corrected chi connectivity index (χ4v) is 13.4. The molecule has 17 nitrogen and oxygen atoms in total. The number of ether oxygens (including phenoxy) is 4. The molecular formula is C77H150O17P2. The van der Waals surface area contributed by atoms with Crippen LogP contribution in [0.2, 0.25) is 0 Å². The normalized spacial score (nSPS) is 14.2. The van der Waals surface area contributed by atoms with Gasteiger partial charge in [0.05, 0.1) is 26.4 Å². The van der Waals surface area contributed by atoms with Gasteiger partial charge in [0, 0.05) is 25.7 Å². The summed E-state index contributed by atoms with van der Waals surface area (Å²) in [5, 5.41) is 10.6. The molecule has 0 radical (unpaired) electrons. The van der Waals surface area contributed by atoms with Gasteiger partial charge in [-0.05, 0) is 31.6 Å². The second kappa shape index (κ2) is 70.1. The number of aliphatic hydroxyl groups is 1. The van der Waals surface area contributed by atoms with Crippen LogP contribution < -0.4 is 0 Å². The van der Waals surface area contributed by atoms with E-state index in [1.165, 1.54) is 231 Å². The number of phosphoric acid groups is 2. The zero-order valence-corrected chi connectivity index (χ0v) is 64.3. The molecule has 0 heterocycles. The van der Waals surface area contributed by atoms with Gasteiger partial charge in [0.15, 0.2) is 12.2 Å². The molecule has 0 spiro atoms. The van der Waals surface area contributed by atoms with E-state index in [9.17, 15) is 43.2 Å². The molecule has 96 heavy (non-hydrogen) atoms. The summed E-state index contributed by atoms with van der Waals surface area (Å²) in [6.45, 7) is 7.24. The number of esters is 4. The standard InChI is InChI=1S/C77H150O17P2/c1-6-10-13-16-19-22-25-27-29-31-32-34-36-38-40-43-46-52-57-62-76(81)93-72(66-87-75(80)61-56-51-45-42-39-37-35-33-30-28-26-23-20-17-14-11-7-2)68-91-95(83,84)89-64-71(78)65-90-96(85,86)92-69-73(94-77(82)63-58-53-48-47-49-54-59-70(5)9-4)67-88-74(79)60-55-50-44-41-24-21-18-15-12-8-3/h70-73,78H,6-69H2,1-5H3,(H,83,84)(H,85,86)/t70?,71-,72-,73-/m1/s1. The Balaban J connectivity index is 5.21. The van der Waals surface area contributed by atoms with Gasteiger partial charge in [-0.25, -0.2) is 9.13 Å². The lowest BCUT2D eigenvalue weighted by Crippen LogP contribution is -2.30. The Labute approximate surface area is 588 Å². The molecule has 3 N–H and O–H groups in total. The van der Waals surface area contributed by atoms with Gasteiger partial charge in [-0.2, -0.15) is 0 Å². The van der Waals surface area contributed by atoms with E-state index in [2.05, 4.69) is 34.6 Å². The number of phosphoric ester groups is 2. The minimum Gasteiger partial charge on any atom is -0.462 e. The number of carbonyl (C=O) groups excluding carboxylic acids is 4. The Kier molecular flexibility index (Phi) is 68.7. The van der Waals surface area contributed by atoms with Crippen LogP contribution in [0.25, 0.3) is 0 Å². The van der Waals surface area contributed by atoms with Crippen molar-refractivity contribution in [3.05, 3.63) is 0 Å². The average Bonchev–Trinajstić information content (AvgIpc) is 1.69. The second-order valence-electron chi connectivity index (χ2n) is 28.0. The third kappa shape index (κ3) is 69.2. The zero-order valence-electron chi connectivity index (χ0n) is 62.5. The Morgan fingerprint density at radius 1 is 0.292 bits per heavy atom. The Bertz CT molecular complexity index is 1840. The summed E-state index contributed by atoms with van der Waals surface area (Å²) in [5.74, 6) is -1.39. The number of hydrogen-bond donors (Lipinski definition) is 3. The minimum atomic E-state index is -4.96. The number of hydrogen-bond acceptors (Lipinski definition) is 15. The molecule has 0 bridgehead atoms. The van der Waals surface area contributed by atoms with E-state index in [-0.39, 0.29) is 25.7 Å². The summed E-state index contributed by atoms with van der Waals surface area (Å²) >= 11 is 0. The molecule has 0 rings (SSSR count). The molecule has 6 atom stereocenters. The van der Waals surface area contributed by atoms with Gasteiger partial charge in [-0.1, -0.05) is 356 Å². The summed E-state index contributed by atoms with van der Waals surface area (Å²) in [4.78, 5) is 72.8. The molecule has 0 saturated heterocycles. The van der Waals surface area contributed by atoms with Gasteiger partial charge in [0.1, 0.15) is 19.3 Å². The predicted molar refractivity (Wildman–Crippen MR) is 391 cm³/mol. The molecule has 0 aliphatic heterocycles. The van der Waals surface area contributed by atoms with Crippen molar-refractivity contribution in [1.82, 2.24) is 0 Å². The number of unbranched alkanes of at least 4 members (excludes halogenated alkanes) is 48. The average molecular weight is 1410 g/mol. The van der Waals surface area contributed by atoms with Crippen molar-refractivity contribution in [2.75, 3.05) is 39.6 Å². The summed E-state index contributed by atoms with van der Waals surface area (Å²) in [5.41, 5.74) is 0. The van der Waals surface area contributed by atoms with Crippen LogP contribution in [0.1, 0.15) is 407 Å². The van der Waals surface area contributed by atoms with Crippen molar-refractivity contribution in [3.8, 4) is 0 Å². The molecule has 0 fully saturated rings. The first-order valence-electron chi connectivity index (χ1n) is 40.2. The van der Waals surface area contributed by atoms with E-state index in [4.69, 9.17) is 37.0 Å². The maximum Gasteiger partial charge on any atom is 0.472 e. The molecule has 0 aromatic heterocycles.